The molecule has 172 valence electrons. The zero-order chi connectivity index (χ0) is 23.6. The number of carbonyl (C=O) groups is 1. The summed E-state index contributed by atoms with van der Waals surface area (Å²) in [7, 11) is -3.89. The molecule has 4 rings (SSSR count). The minimum Gasteiger partial charge on any atom is -0.331 e. The summed E-state index contributed by atoms with van der Waals surface area (Å²) in [6.07, 6.45) is 1.56. The van der Waals surface area contributed by atoms with Crippen LogP contribution in [0, 0.1) is 11.6 Å². The van der Waals surface area contributed by atoms with Crippen LogP contribution in [0.25, 0.3) is 0 Å². The maximum Gasteiger partial charge on any atom is 0.254 e. The summed E-state index contributed by atoms with van der Waals surface area (Å²) >= 11 is 0. The molecule has 0 saturated heterocycles. The van der Waals surface area contributed by atoms with Gasteiger partial charge < -0.3 is 4.90 Å². The molecule has 1 fully saturated rings. The molecule has 8 heteroatoms. The summed E-state index contributed by atoms with van der Waals surface area (Å²) in [5.41, 5.74) is 1.22. The molecular formula is C25H24F2N2O3S. The summed E-state index contributed by atoms with van der Waals surface area (Å²) < 4.78 is 56.0. The average molecular weight is 471 g/mol. The Balaban J connectivity index is 1.56. The van der Waals surface area contributed by atoms with Crippen molar-refractivity contribution in [3.63, 3.8) is 0 Å². The average Bonchev–Trinajstić information content (AvgIpc) is 3.64. The van der Waals surface area contributed by atoms with Crippen LogP contribution in [-0.4, -0.2) is 25.3 Å². The highest BCUT2D eigenvalue weighted by Crippen LogP contribution is 2.31. The zero-order valence-electron chi connectivity index (χ0n) is 18.0. The molecule has 1 atom stereocenters. The van der Waals surface area contributed by atoms with E-state index >= 15 is 0 Å². The van der Waals surface area contributed by atoms with Gasteiger partial charge in [-0.15, -0.1) is 0 Å². The fourth-order valence-electron chi connectivity index (χ4n) is 3.66. The molecule has 1 N–H and O–H groups in total. The van der Waals surface area contributed by atoms with Crippen LogP contribution in [0.1, 0.15) is 47.3 Å². The van der Waals surface area contributed by atoms with Crippen LogP contribution in [0.2, 0.25) is 0 Å². The zero-order valence-corrected chi connectivity index (χ0v) is 18.9. The fraction of sp³-hybridized carbons (Fsp3) is 0.240. The molecule has 1 aliphatic rings. The Hall–Kier alpha value is -3.10. The summed E-state index contributed by atoms with van der Waals surface area (Å²) in [5.74, 6) is -1.80. The summed E-state index contributed by atoms with van der Waals surface area (Å²) in [6.45, 7) is 1.73. The normalized spacial score (nSPS) is 14.6. The van der Waals surface area contributed by atoms with Crippen LogP contribution in [0.4, 0.5) is 8.78 Å². The lowest BCUT2D eigenvalue weighted by molar-refractivity contribution is 0.0728. The summed E-state index contributed by atoms with van der Waals surface area (Å²) in [5, 5.41) is 0. The quantitative estimate of drug-likeness (QED) is 0.514. The maximum absolute atomic E-state index is 14.2. The lowest BCUT2D eigenvalue weighted by Gasteiger charge is -2.23. The molecule has 0 aromatic heterocycles. The van der Waals surface area contributed by atoms with Crippen molar-refractivity contribution in [2.45, 2.75) is 43.3 Å². The van der Waals surface area contributed by atoms with E-state index in [0.717, 1.165) is 30.5 Å². The standard InChI is InChI=1S/C25H24F2N2O3S/c1-17(18-6-3-2-4-7-18)28-33(31,32)23-9-5-8-19(14-23)25(30)29(22-12-13-22)16-20-10-11-21(26)15-24(20)27/h2-11,14-15,17,22,28H,12-13,16H2,1H3. The van der Waals surface area contributed by atoms with Crippen LogP contribution < -0.4 is 4.72 Å². The lowest BCUT2D eigenvalue weighted by atomic mass is 10.1. The van der Waals surface area contributed by atoms with E-state index in [2.05, 4.69) is 4.72 Å². The van der Waals surface area contributed by atoms with E-state index < -0.39 is 33.6 Å². The first kappa shape index (κ1) is 23.1. The number of hydrogen-bond donors (Lipinski definition) is 1. The van der Waals surface area contributed by atoms with Gasteiger partial charge in [-0.25, -0.2) is 21.9 Å². The highest BCUT2D eigenvalue weighted by molar-refractivity contribution is 7.89. The van der Waals surface area contributed by atoms with Gasteiger partial charge in [-0.3, -0.25) is 4.79 Å². The van der Waals surface area contributed by atoms with E-state index in [0.29, 0.717) is 0 Å². The van der Waals surface area contributed by atoms with E-state index in [1.165, 1.54) is 29.2 Å². The Kier molecular flexibility index (Phi) is 6.58. The van der Waals surface area contributed by atoms with Gasteiger partial charge in [-0.2, -0.15) is 0 Å². The molecular weight excluding hydrogens is 446 g/mol. The van der Waals surface area contributed by atoms with Gasteiger partial charge in [-0.1, -0.05) is 42.5 Å². The second kappa shape index (κ2) is 9.41. The van der Waals surface area contributed by atoms with Gasteiger partial charge in [0.2, 0.25) is 10.0 Å². The van der Waals surface area contributed by atoms with Gasteiger partial charge in [0.05, 0.1) is 4.90 Å². The largest absolute Gasteiger partial charge is 0.331 e. The Labute approximate surface area is 192 Å². The van der Waals surface area contributed by atoms with Crippen LogP contribution in [-0.2, 0) is 16.6 Å². The minimum atomic E-state index is -3.89. The highest BCUT2D eigenvalue weighted by atomic mass is 32.2. The van der Waals surface area contributed by atoms with E-state index in [1.54, 1.807) is 13.0 Å². The number of carbonyl (C=O) groups excluding carboxylic acids is 1. The van der Waals surface area contributed by atoms with Gasteiger partial charge in [0, 0.05) is 35.8 Å². The third-order valence-electron chi connectivity index (χ3n) is 5.63. The smallest absolute Gasteiger partial charge is 0.254 e. The van der Waals surface area contributed by atoms with Crippen LogP contribution in [0.3, 0.4) is 0 Å². The number of nitrogens with one attached hydrogen (secondary N) is 1. The van der Waals surface area contributed by atoms with Crippen molar-refractivity contribution >= 4 is 15.9 Å². The first-order valence-electron chi connectivity index (χ1n) is 10.7. The molecule has 3 aromatic rings. The third-order valence-corrected chi connectivity index (χ3v) is 7.17. The first-order chi connectivity index (χ1) is 15.7. The van der Waals surface area contributed by atoms with E-state index in [-0.39, 0.29) is 28.6 Å². The predicted octanol–water partition coefficient (Wildman–Crippen LogP) is 4.81. The first-order valence-corrected chi connectivity index (χ1v) is 12.1. The van der Waals surface area contributed by atoms with Crippen LogP contribution >= 0.6 is 0 Å². The van der Waals surface area contributed by atoms with Gasteiger partial charge in [-0.05, 0) is 49.6 Å². The van der Waals surface area contributed by atoms with Gasteiger partial charge >= 0.3 is 0 Å². The van der Waals surface area contributed by atoms with E-state index in [9.17, 15) is 22.0 Å². The number of hydrogen-bond acceptors (Lipinski definition) is 3. The number of amides is 1. The molecule has 1 amide bonds. The Morgan fingerprint density at radius 3 is 2.42 bits per heavy atom. The molecule has 1 aliphatic carbocycles. The second-order valence-electron chi connectivity index (χ2n) is 8.18. The van der Waals surface area contributed by atoms with Crippen molar-refractivity contribution in [1.82, 2.24) is 9.62 Å². The van der Waals surface area contributed by atoms with Crippen molar-refractivity contribution in [2.24, 2.45) is 0 Å². The summed E-state index contributed by atoms with van der Waals surface area (Å²) in [6, 6.07) is 17.7. The number of benzene rings is 3. The Bertz CT molecular complexity index is 1260. The highest BCUT2D eigenvalue weighted by Gasteiger charge is 2.34. The number of sulfonamides is 1. The Morgan fingerprint density at radius 1 is 1.03 bits per heavy atom. The van der Waals surface area contributed by atoms with Gasteiger partial charge in [0.15, 0.2) is 0 Å². The van der Waals surface area contributed by atoms with E-state index in [4.69, 9.17) is 0 Å². The van der Waals surface area contributed by atoms with Crippen molar-refractivity contribution in [2.75, 3.05) is 0 Å². The maximum atomic E-state index is 14.2. The van der Waals surface area contributed by atoms with Crippen LogP contribution in [0.5, 0.6) is 0 Å². The fourth-order valence-corrected chi connectivity index (χ4v) is 4.94. The molecule has 0 aliphatic heterocycles. The number of rotatable bonds is 8. The monoisotopic (exact) mass is 470 g/mol. The summed E-state index contributed by atoms with van der Waals surface area (Å²) in [4.78, 5) is 14.7. The van der Waals surface area contributed by atoms with Crippen molar-refractivity contribution in [3.05, 3.63) is 101 Å². The minimum absolute atomic E-state index is 0.0180. The molecule has 0 spiro atoms. The Morgan fingerprint density at radius 2 is 1.76 bits per heavy atom. The molecule has 0 radical (unpaired) electrons. The molecule has 3 aromatic carbocycles. The molecule has 0 heterocycles. The van der Waals surface area contributed by atoms with Crippen molar-refractivity contribution < 1.29 is 22.0 Å². The SMILES string of the molecule is CC(NS(=O)(=O)c1cccc(C(=O)N(Cc2ccc(F)cc2F)C2CC2)c1)c1ccccc1. The van der Waals surface area contributed by atoms with Crippen molar-refractivity contribution in [3.8, 4) is 0 Å². The molecule has 1 saturated carbocycles. The second-order valence-corrected chi connectivity index (χ2v) is 9.90. The molecule has 33 heavy (non-hydrogen) atoms. The number of nitrogens with zero attached hydrogens (tertiary/aromatic N) is 1. The molecule has 0 bridgehead atoms. The predicted molar refractivity (Wildman–Crippen MR) is 121 cm³/mol. The van der Waals surface area contributed by atoms with Crippen LogP contribution in [0.15, 0.2) is 77.7 Å². The molecule has 1 unspecified atom stereocenters. The number of halogens is 2. The van der Waals surface area contributed by atoms with E-state index in [1.807, 2.05) is 30.3 Å². The third kappa shape index (κ3) is 5.46. The van der Waals surface area contributed by atoms with Gasteiger partial charge in [0.1, 0.15) is 11.6 Å². The lowest BCUT2D eigenvalue weighted by Crippen LogP contribution is -2.33. The topological polar surface area (TPSA) is 66.5 Å². The molecule has 5 nitrogen and oxygen atoms in total. The van der Waals surface area contributed by atoms with Gasteiger partial charge in [0.25, 0.3) is 5.91 Å². The van der Waals surface area contributed by atoms with Crippen molar-refractivity contribution in [1.29, 1.82) is 0 Å².